The number of fused-ring (bicyclic) bond motifs is 1. The van der Waals surface area contributed by atoms with Crippen molar-refractivity contribution in [3.8, 4) is 0 Å². The highest BCUT2D eigenvalue weighted by Crippen LogP contribution is 2.20. The maximum Gasteiger partial charge on any atom is 0.223 e. The number of rotatable bonds is 3. The van der Waals surface area contributed by atoms with Gasteiger partial charge in [-0.2, -0.15) is 0 Å². The summed E-state index contributed by atoms with van der Waals surface area (Å²) < 4.78 is 13.1. The molecule has 120 valence electrons. The minimum atomic E-state index is -0.452. The van der Waals surface area contributed by atoms with Crippen molar-refractivity contribution in [3.63, 3.8) is 0 Å². The zero-order valence-corrected chi connectivity index (χ0v) is 13.2. The van der Waals surface area contributed by atoms with E-state index in [1.807, 2.05) is 0 Å². The van der Waals surface area contributed by atoms with Crippen LogP contribution in [0, 0.1) is 5.82 Å². The normalized spacial score (nSPS) is 13.7. The minimum absolute atomic E-state index is 0.0354. The number of benzene rings is 1. The number of nitrogens with two attached hydrogens (primary N) is 1. The third-order valence-electron chi connectivity index (χ3n) is 3.93. The van der Waals surface area contributed by atoms with Crippen LogP contribution < -0.4 is 5.73 Å². The van der Waals surface area contributed by atoms with Gasteiger partial charge in [-0.05, 0) is 36.1 Å². The molecule has 2 N–H and O–H groups in total. The van der Waals surface area contributed by atoms with E-state index >= 15 is 0 Å². The predicted octanol–water partition coefficient (Wildman–Crippen LogP) is 2.37. The maximum absolute atomic E-state index is 13.1. The van der Waals surface area contributed by atoms with Gasteiger partial charge in [-0.3, -0.25) is 4.79 Å². The molecule has 0 saturated heterocycles. The number of nitrogens with zero attached hydrogens (tertiary/aromatic N) is 3. The van der Waals surface area contributed by atoms with E-state index in [9.17, 15) is 9.18 Å². The van der Waals surface area contributed by atoms with E-state index in [0.29, 0.717) is 25.9 Å². The Morgan fingerprint density at radius 1 is 1.43 bits per heavy atom. The van der Waals surface area contributed by atoms with Gasteiger partial charge in [-0.1, -0.05) is 17.7 Å². The van der Waals surface area contributed by atoms with E-state index in [4.69, 9.17) is 17.3 Å². The third kappa shape index (κ3) is 3.59. The van der Waals surface area contributed by atoms with Crippen LogP contribution in [0.5, 0.6) is 0 Å². The SMILES string of the molecule is Nc1ncc2c(n1)CN(C(=O)CCc1ccc(F)c(Cl)c1)CC2. The standard InChI is InChI=1S/C16H16ClFN4O/c17-12-7-10(1-3-13(12)18)2-4-15(23)22-6-5-11-8-20-16(19)21-14(11)9-22/h1,3,7-8H,2,4-6,9H2,(H2,19,20,21). The molecule has 1 aliphatic heterocycles. The van der Waals surface area contributed by atoms with Crippen LogP contribution in [-0.2, 0) is 24.2 Å². The molecule has 0 radical (unpaired) electrons. The number of halogens is 2. The third-order valence-corrected chi connectivity index (χ3v) is 4.22. The van der Waals surface area contributed by atoms with Gasteiger partial charge in [-0.15, -0.1) is 0 Å². The molecular weight excluding hydrogens is 319 g/mol. The molecule has 0 bridgehead atoms. The first-order valence-electron chi connectivity index (χ1n) is 7.35. The Hall–Kier alpha value is -2.21. The first kappa shape index (κ1) is 15.7. The van der Waals surface area contributed by atoms with Gasteiger partial charge in [0.25, 0.3) is 0 Å². The lowest BCUT2D eigenvalue weighted by Crippen LogP contribution is -2.36. The average Bonchev–Trinajstić information content (AvgIpc) is 2.55. The van der Waals surface area contributed by atoms with Crippen LogP contribution in [0.25, 0.3) is 0 Å². The molecule has 23 heavy (non-hydrogen) atoms. The lowest BCUT2D eigenvalue weighted by Gasteiger charge is -2.28. The summed E-state index contributed by atoms with van der Waals surface area (Å²) in [5.41, 5.74) is 8.28. The summed E-state index contributed by atoms with van der Waals surface area (Å²) in [6.07, 6.45) is 3.32. The molecule has 0 saturated carbocycles. The fraction of sp³-hybridized carbons (Fsp3) is 0.312. The highest BCUT2D eigenvalue weighted by Gasteiger charge is 2.22. The Kier molecular flexibility index (Phi) is 4.43. The summed E-state index contributed by atoms with van der Waals surface area (Å²) in [4.78, 5) is 22.3. The van der Waals surface area contributed by atoms with Crippen LogP contribution in [0.15, 0.2) is 24.4 Å². The van der Waals surface area contributed by atoms with Crippen LogP contribution >= 0.6 is 11.6 Å². The molecule has 1 aliphatic rings. The molecule has 0 aliphatic carbocycles. The molecular formula is C16H16ClFN4O. The minimum Gasteiger partial charge on any atom is -0.368 e. The smallest absolute Gasteiger partial charge is 0.223 e. The first-order chi connectivity index (χ1) is 11.0. The molecule has 5 nitrogen and oxygen atoms in total. The van der Waals surface area contributed by atoms with Gasteiger partial charge < -0.3 is 10.6 Å². The number of hydrogen-bond donors (Lipinski definition) is 1. The summed E-state index contributed by atoms with van der Waals surface area (Å²) in [6.45, 7) is 1.09. The van der Waals surface area contributed by atoms with Gasteiger partial charge in [0, 0.05) is 19.2 Å². The van der Waals surface area contributed by atoms with Gasteiger partial charge in [0.2, 0.25) is 11.9 Å². The van der Waals surface area contributed by atoms with Crippen molar-refractivity contribution in [2.24, 2.45) is 0 Å². The number of carbonyl (C=O) groups excluding carboxylic acids is 1. The summed E-state index contributed by atoms with van der Waals surface area (Å²) in [6, 6.07) is 4.52. The average molecular weight is 335 g/mol. The van der Waals surface area contributed by atoms with Crippen molar-refractivity contribution >= 4 is 23.5 Å². The highest BCUT2D eigenvalue weighted by molar-refractivity contribution is 6.30. The fourth-order valence-electron chi connectivity index (χ4n) is 2.64. The Morgan fingerprint density at radius 3 is 3.04 bits per heavy atom. The largest absolute Gasteiger partial charge is 0.368 e. The van der Waals surface area contributed by atoms with Crippen molar-refractivity contribution in [2.45, 2.75) is 25.8 Å². The van der Waals surface area contributed by atoms with Crippen molar-refractivity contribution in [2.75, 3.05) is 12.3 Å². The number of carbonyl (C=O) groups is 1. The Balaban J connectivity index is 1.62. The second kappa shape index (κ2) is 6.50. The molecule has 0 unspecified atom stereocenters. The molecule has 0 atom stereocenters. The van der Waals surface area contributed by atoms with Gasteiger partial charge in [0.1, 0.15) is 5.82 Å². The summed E-state index contributed by atoms with van der Waals surface area (Å²) >= 11 is 5.75. The Labute approximate surface area is 138 Å². The number of nitrogen functional groups attached to an aromatic ring is 1. The van der Waals surface area contributed by atoms with Crippen LogP contribution in [0.2, 0.25) is 5.02 Å². The van der Waals surface area contributed by atoms with E-state index in [2.05, 4.69) is 9.97 Å². The summed E-state index contributed by atoms with van der Waals surface area (Å²) in [7, 11) is 0. The fourth-order valence-corrected chi connectivity index (χ4v) is 2.84. The molecule has 2 aromatic rings. The zero-order chi connectivity index (χ0) is 16.4. The predicted molar refractivity (Wildman–Crippen MR) is 85.3 cm³/mol. The lowest BCUT2D eigenvalue weighted by molar-refractivity contribution is -0.132. The van der Waals surface area contributed by atoms with Crippen molar-refractivity contribution < 1.29 is 9.18 Å². The molecule has 1 aromatic heterocycles. The van der Waals surface area contributed by atoms with Gasteiger partial charge in [-0.25, -0.2) is 14.4 Å². The van der Waals surface area contributed by atoms with Crippen LogP contribution in [0.4, 0.5) is 10.3 Å². The molecule has 7 heteroatoms. The number of amides is 1. The molecule has 0 spiro atoms. The molecule has 2 heterocycles. The van der Waals surface area contributed by atoms with E-state index < -0.39 is 5.82 Å². The van der Waals surface area contributed by atoms with E-state index in [-0.39, 0.29) is 16.9 Å². The van der Waals surface area contributed by atoms with Crippen molar-refractivity contribution in [3.05, 3.63) is 52.1 Å². The molecule has 1 aromatic carbocycles. The number of hydrogen-bond acceptors (Lipinski definition) is 4. The maximum atomic E-state index is 13.1. The molecule has 3 rings (SSSR count). The number of anilines is 1. The quantitative estimate of drug-likeness (QED) is 0.935. The highest BCUT2D eigenvalue weighted by atomic mass is 35.5. The van der Waals surface area contributed by atoms with Crippen LogP contribution in [0.3, 0.4) is 0 Å². The Bertz CT molecular complexity index is 753. The van der Waals surface area contributed by atoms with E-state index in [1.54, 1.807) is 23.2 Å². The van der Waals surface area contributed by atoms with E-state index in [1.165, 1.54) is 6.07 Å². The van der Waals surface area contributed by atoms with E-state index in [0.717, 1.165) is 23.2 Å². The van der Waals surface area contributed by atoms with Crippen molar-refractivity contribution in [1.29, 1.82) is 0 Å². The lowest BCUT2D eigenvalue weighted by atomic mass is 10.1. The van der Waals surface area contributed by atoms with Gasteiger partial charge >= 0.3 is 0 Å². The van der Waals surface area contributed by atoms with Gasteiger partial charge in [0.15, 0.2) is 0 Å². The van der Waals surface area contributed by atoms with Gasteiger partial charge in [0.05, 0.1) is 17.3 Å². The summed E-state index contributed by atoms with van der Waals surface area (Å²) in [5.74, 6) is -0.195. The Morgan fingerprint density at radius 2 is 2.26 bits per heavy atom. The second-order valence-corrected chi connectivity index (χ2v) is 5.92. The van der Waals surface area contributed by atoms with Crippen molar-refractivity contribution in [1.82, 2.24) is 14.9 Å². The number of aryl methyl sites for hydroxylation is 1. The van der Waals surface area contributed by atoms with Crippen LogP contribution in [0.1, 0.15) is 23.2 Å². The summed E-state index contributed by atoms with van der Waals surface area (Å²) in [5, 5.41) is 0.0778. The molecule has 1 amide bonds. The second-order valence-electron chi connectivity index (χ2n) is 5.51. The van der Waals surface area contributed by atoms with Crippen LogP contribution in [-0.4, -0.2) is 27.3 Å². The zero-order valence-electron chi connectivity index (χ0n) is 12.4. The first-order valence-corrected chi connectivity index (χ1v) is 7.72. The monoisotopic (exact) mass is 334 g/mol. The molecule has 0 fully saturated rings. The number of aromatic nitrogens is 2. The topological polar surface area (TPSA) is 72.1 Å².